The van der Waals surface area contributed by atoms with Gasteiger partial charge in [0, 0.05) is 19.3 Å². The lowest BCUT2D eigenvalue weighted by Gasteiger charge is -2.40. The van der Waals surface area contributed by atoms with Crippen molar-refractivity contribution in [3.8, 4) is 0 Å². The van der Waals surface area contributed by atoms with Crippen LogP contribution < -0.4 is 10.6 Å². The van der Waals surface area contributed by atoms with E-state index >= 15 is 0 Å². The summed E-state index contributed by atoms with van der Waals surface area (Å²) in [5, 5.41) is 0. The van der Waals surface area contributed by atoms with Gasteiger partial charge >= 0.3 is 0 Å². The number of hydrogen-bond acceptors (Lipinski definition) is 4. The van der Waals surface area contributed by atoms with E-state index in [9.17, 15) is 0 Å². The van der Waals surface area contributed by atoms with Crippen molar-refractivity contribution in [3.63, 3.8) is 0 Å². The molecule has 2 heterocycles. The minimum Gasteiger partial charge on any atom is -0.368 e. The lowest BCUT2D eigenvalue weighted by Crippen LogP contribution is -2.39. The Hall–Kier alpha value is -0.840. The van der Waals surface area contributed by atoms with Crippen molar-refractivity contribution in [1.29, 1.82) is 0 Å². The fraction of sp³-hybridized carbons (Fsp3) is 0.692. The van der Waals surface area contributed by atoms with Gasteiger partial charge in [0.15, 0.2) is 0 Å². The second-order valence-electron chi connectivity index (χ2n) is 5.59. The number of rotatable bonds is 1. The molecule has 0 radical (unpaired) electrons. The molecule has 18 heavy (non-hydrogen) atoms. The van der Waals surface area contributed by atoms with Crippen LogP contribution in [0.15, 0.2) is 10.7 Å². The van der Waals surface area contributed by atoms with Crippen LogP contribution in [0.1, 0.15) is 38.5 Å². The van der Waals surface area contributed by atoms with Crippen LogP contribution >= 0.6 is 15.9 Å². The Balaban J connectivity index is 1.74. The van der Waals surface area contributed by atoms with E-state index in [4.69, 9.17) is 5.73 Å². The number of hydrogen-bond donors (Lipinski definition) is 1. The zero-order chi connectivity index (χ0) is 12.6. The third-order valence-corrected chi connectivity index (χ3v) is 5.09. The molecule has 1 aliphatic carbocycles. The number of nitrogen functional groups attached to an aromatic ring is 1. The molecule has 0 amide bonds. The first-order valence-corrected chi connectivity index (χ1v) is 7.51. The molecule has 2 aliphatic rings. The predicted molar refractivity (Wildman–Crippen MR) is 76.5 cm³/mol. The first-order chi connectivity index (χ1) is 8.69. The average Bonchev–Trinajstić information content (AvgIpc) is 2.82. The molecule has 0 bridgehead atoms. The predicted octanol–water partition coefficient (Wildman–Crippen LogP) is 2.98. The largest absolute Gasteiger partial charge is 0.368 e. The van der Waals surface area contributed by atoms with E-state index in [2.05, 4.69) is 30.8 Å². The molecule has 2 fully saturated rings. The maximum atomic E-state index is 5.68. The minimum absolute atomic E-state index is 0.356. The Morgan fingerprint density at radius 2 is 1.83 bits per heavy atom. The van der Waals surface area contributed by atoms with Gasteiger partial charge < -0.3 is 10.6 Å². The maximum Gasteiger partial charge on any atom is 0.222 e. The Bertz CT molecular complexity index is 433. The lowest BCUT2D eigenvalue weighted by atomic mass is 9.77. The van der Waals surface area contributed by atoms with E-state index in [0.717, 1.165) is 23.4 Å². The van der Waals surface area contributed by atoms with Crippen LogP contribution in [0.3, 0.4) is 0 Å². The molecule has 0 aromatic carbocycles. The molecule has 1 saturated carbocycles. The highest BCUT2D eigenvalue weighted by molar-refractivity contribution is 9.10. The van der Waals surface area contributed by atoms with Gasteiger partial charge in [0.1, 0.15) is 5.82 Å². The summed E-state index contributed by atoms with van der Waals surface area (Å²) >= 11 is 3.52. The number of piperidine rings is 1. The van der Waals surface area contributed by atoms with Gasteiger partial charge in [-0.3, -0.25) is 0 Å². The molecular formula is C13H19BrN4. The van der Waals surface area contributed by atoms with E-state index in [1.54, 1.807) is 6.20 Å². The third kappa shape index (κ3) is 2.20. The molecule has 5 heteroatoms. The van der Waals surface area contributed by atoms with Gasteiger partial charge in [0.2, 0.25) is 5.95 Å². The summed E-state index contributed by atoms with van der Waals surface area (Å²) in [5.74, 6) is 1.31. The summed E-state index contributed by atoms with van der Waals surface area (Å²) in [7, 11) is 0. The molecule has 4 nitrogen and oxygen atoms in total. The minimum atomic E-state index is 0.356. The fourth-order valence-corrected chi connectivity index (χ4v) is 3.85. The van der Waals surface area contributed by atoms with Gasteiger partial charge in [0.25, 0.3) is 0 Å². The van der Waals surface area contributed by atoms with Crippen LogP contribution in [0, 0.1) is 5.41 Å². The second kappa shape index (κ2) is 4.68. The van der Waals surface area contributed by atoms with Crippen LogP contribution in [0.5, 0.6) is 0 Å². The van der Waals surface area contributed by atoms with Crippen molar-refractivity contribution in [3.05, 3.63) is 10.7 Å². The monoisotopic (exact) mass is 310 g/mol. The summed E-state index contributed by atoms with van der Waals surface area (Å²) < 4.78 is 0.944. The van der Waals surface area contributed by atoms with Gasteiger partial charge in [-0.1, -0.05) is 12.8 Å². The Morgan fingerprint density at radius 1 is 1.17 bits per heavy atom. The topological polar surface area (TPSA) is 55.0 Å². The van der Waals surface area contributed by atoms with E-state index in [0.29, 0.717) is 11.4 Å². The number of nitrogens with two attached hydrogens (primary N) is 1. The zero-order valence-electron chi connectivity index (χ0n) is 10.5. The second-order valence-corrected chi connectivity index (χ2v) is 6.45. The number of anilines is 2. The average molecular weight is 311 g/mol. The van der Waals surface area contributed by atoms with Gasteiger partial charge in [-0.15, -0.1) is 0 Å². The molecule has 1 aliphatic heterocycles. The summed E-state index contributed by atoms with van der Waals surface area (Å²) in [6.07, 6.45) is 10.0. The number of aromatic nitrogens is 2. The molecule has 1 saturated heterocycles. The van der Waals surface area contributed by atoms with Gasteiger partial charge in [-0.2, -0.15) is 4.98 Å². The molecule has 1 aromatic rings. The lowest BCUT2D eigenvalue weighted by molar-refractivity contribution is 0.226. The number of halogens is 1. The van der Waals surface area contributed by atoms with Crippen molar-refractivity contribution < 1.29 is 0 Å². The molecule has 98 valence electrons. The van der Waals surface area contributed by atoms with Crippen LogP contribution in [-0.2, 0) is 0 Å². The molecule has 2 N–H and O–H groups in total. The standard InChI is InChI=1S/C13H19BrN4/c14-10-9-16-12(15)17-11(10)18-7-5-13(6-8-18)3-1-2-4-13/h9H,1-8H2,(H2,15,16,17). The van der Waals surface area contributed by atoms with Crippen molar-refractivity contribution in [2.45, 2.75) is 38.5 Å². The van der Waals surface area contributed by atoms with Crippen LogP contribution in [0.2, 0.25) is 0 Å². The van der Waals surface area contributed by atoms with Crippen molar-refractivity contribution in [1.82, 2.24) is 9.97 Å². The Kier molecular flexibility index (Phi) is 3.18. The molecular weight excluding hydrogens is 292 g/mol. The Labute approximate surface area is 116 Å². The highest BCUT2D eigenvalue weighted by atomic mass is 79.9. The SMILES string of the molecule is Nc1ncc(Br)c(N2CCC3(CCCC3)CC2)n1. The Morgan fingerprint density at radius 3 is 2.50 bits per heavy atom. The quantitative estimate of drug-likeness (QED) is 0.866. The summed E-state index contributed by atoms with van der Waals surface area (Å²) in [4.78, 5) is 10.7. The first-order valence-electron chi connectivity index (χ1n) is 6.72. The normalized spacial score (nSPS) is 22.6. The smallest absolute Gasteiger partial charge is 0.222 e. The molecule has 0 unspecified atom stereocenters. The van der Waals surface area contributed by atoms with Gasteiger partial charge in [-0.25, -0.2) is 4.98 Å². The van der Waals surface area contributed by atoms with E-state index < -0.39 is 0 Å². The van der Waals surface area contributed by atoms with E-state index in [1.807, 2.05) is 0 Å². The maximum absolute atomic E-state index is 5.68. The highest BCUT2D eigenvalue weighted by Gasteiger charge is 2.37. The van der Waals surface area contributed by atoms with Gasteiger partial charge in [-0.05, 0) is 47.0 Å². The first kappa shape index (κ1) is 12.2. The molecule has 1 spiro atoms. The van der Waals surface area contributed by atoms with Crippen molar-refractivity contribution in [2.24, 2.45) is 5.41 Å². The summed E-state index contributed by atoms with van der Waals surface area (Å²) in [6.45, 7) is 2.18. The number of nitrogens with zero attached hydrogens (tertiary/aromatic N) is 3. The highest BCUT2D eigenvalue weighted by Crippen LogP contribution is 2.46. The molecule has 0 atom stereocenters. The summed E-state index contributed by atoms with van der Waals surface area (Å²) in [6, 6.07) is 0. The van der Waals surface area contributed by atoms with Gasteiger partial charge in [0.05, 0.1) is 4.47 Å². The van der Waals surface area contributed by atoms with E-state index in [1.165, 1.54) is 38.5 Å². The van der Waals surface area contributed by atoms with E-state index in [-0.39, 0.29) is 0 Å². The molecule has 3 rings (SSSR count). The summed E-state index contributed by atoms with van der Waals surface area (Å²) in [5.41, 5.74) is 6.32. The van der Waals surface area contributed by atoms with Crippen molar-refractivity contribution in [2.75, 3.05) is 23.7 Å². The van der Waals surface area contributed by atoms with Crippen LogP contribution in [-0.4, -0.2) is 23.1 Å². The van der Waals surface area contributed by atoms with Crippen LogP contribution in [0.25, 0.3) is 0 Å². The molecule has 1 aromatic heterocycles. The third-order valence-electron chi connectivity index (χ3n) is 4.53. The fourth-order valence-electron chi connectivity index (χ4n) is 3.41. The van der Waals surface area contributed by atoms with Crippen LogP contribution in [0.4, 0.5) is 11.8 Å². The zero-order valence-corrected chi connectivity index (χ0v) is 12.1. The van der Waals surface area contributed by atoms with Crippen molar-refractivity contribution >= 4 is 27.7 Å².